The van der Waals surface area contributed by atoms with E-state index in [1.807, 2.05) is 17.0 Å². The quantitative estimate of drug-likeness (QED) is 0.923. The summed E-state index contributed by atoms with van der Waals surface area (Å²) in [6, 6.07) is 9.86. The van der Waals surface area contributed by atoms with E-state index in [9.17, 15) is 9.18 Å². The van der Waals surface area contributed by atoms with Crippen molar-refractivity contribution in [3.05, 3.63) is 54.6 Å². The van der Waals surface area contributed by atoms with Crippen molar-refractivity contribution in [1.29, 1.82) is 0 Å². The average molecular weight is 341 g/mol. The Morgan fingerprint density at radius 3 is 2.52 bits per heavy atom. The molecular weight excluding hydrogens is 321 g/mol. The zero-order valence-electron chi connectivity index (χ0n) is 13.8. The van der Waals surface area contributed by atoms with Gasteiger partial charge in [-0.05, 0) is 49.2 Å². The van der Waals surface area contributed by atoms with Gasteiger partial charge in [0.25, 0.3) is 0 Å². The maximum atomic E-state index is 13.0. The molecule has 1 aromatic heterocycles. The number of rotatable bonds is 3. The second kappa shape index (κ2) is 6.70. The summed E-state index contributed by atoms with van der Waals surface area (Å²) in [5, 5.41) is 2.87. The zero-order valence-corrected chi connectivity index (χ0v) is 13.8. The number of hydrogen-bond donors (Lipinski definition) is 1. The molecule has 0 radical (unpaired) electrons. The summed E-state index contributed by atoms with van der Waals surface area (Å²) < 4.78 is 19.0. The average Bonchev–Trinajstić information content (AvgIpc) is 2.89. The van der Waals surface area contributed by atoms with Crippen molar-refractivity contribution in [3.63, 3.8) is 0 Å². The SMILES string of the molecule is O=C(Nc1ccc(F)cc1)N1C2CCC1CC(Oc1cccnc1)C2. The number of carbonyl (C=O) groups excluding carboxylic acids is 1. The molecule has 2 unspecified atom stereocenters. The monoisotopic (exact) mass is 341 g/mol. The van der Waals surface area contributed by atoms with Gasteiger partial charge in [-0.2, -0.15) is 0 Å². The Labute approximate surface area is 145 Å². The molecule has 0 saturated carbocycles. The van der Waals surface area contributed by atoms with Crippen molar-refractivity contribution in [2.24, 2.45) is 0 Å². The third-order valence-corrected chi connectivity index (χ3v) is 4.96. The van der Waals surface area contributed by atoms with Gasteiger partial charge in [-0.25, -0.2) is 9.18 Å². The Morgan fingerprint density at radius 2 is 1.88 bits per heavy atom. The molecule has 5 nitrogen and oxygen atoms in total. The number of anilines is 1. The molecule has 0 aliphatic carbocycles. The fourth-order valence-corrected chi connectivity index (χ4v) is 3.89. The number of halogens is 1. The second-order valence-electron chi connectivity index (χ2n) is 6.63. The fraction of sp³-hybridized carbons (Fsp3) is 0.368. The smallest absolute Gasteiger partial charge is 0.322 e. The molecule has 4 rings (SSSR count). The first-order chi connectivity index (χ1) is 12.2. The number of nitrogens with zero attached hydrogens (tertiary/aromatic N) is 2. The van der Waals surface area contributed by atoms with Crippen LogP contribution in [-0.4, -0.2) is 34.1 Å². The molecular formula is C19H20FN3O2. The van der Waals surface area contributed by atoms with Gasteiger partial charge in [0.2, 0.25) is 0 Å². The van der Waals surface area contributed by atoms with Crippen LogP contribution in [0.1, 0.15) is 25.7 Å². The lowest BCUT2D eigenvalue weighted by Crippen LogP contribution is -2.50. The van der Waals surface area contributed by atoms with Crippen LogP contribution in [-0.2, 0) is 0 Å². The van der Waals surface area contributed by atoms with Crippen molar-refractivity contribution < 1.29 is 13.9 Å². The second-order valence-corrected chi connectivity index (χ2v) is 6.63. The first-order valence-corrected chi connectivity index (χ1v) is 8.60. The first kappa shape index (κ1) is 15.9. The van der Waals surface area contributed by atoms with E-state index >= 15 is 0 Å². The molecule has 2 atom stereocenters. The third kappa shape index (κ3) is 3.43. The highest BCUT2D eigenvalue weighted by Crippen LogP contribution is 2.37. The van der Waals surface area contributed by atoms with E-state index in [0.717, 1.165) is 31.4 Å². The summed E-state index contributed by atoms with van der Waals surface area (Å²) in [6.07, 6.45) is 7.18. The molecule has 2 fully saturated rings. The van der Waals surface area contributed by atoms with Crippen LogP contribution in [0.3, 0.4) is 0 Å². The minimum Gasteiger partial charge on any atom is -0.489 e. The molecule has 2 amide bonds. The number of nitrogens with one attached hydrogen (secondary N) is 1. The highest BCUT2D eigenvalue weighted by atomic mass is 19.1. The number of aromatic nitrogens is 1. The van der Waals surface area contributed by atoms with Gasteiger partial charge < -0.3 is 15.0 Å². The fourth-order valence-electron chi connectivity index (χ4n) is 3.89. The minimum atomic E-state index is -0.313. The highest BCUT2D eigenvalue weighted by Gasteiger charge is 2.44. The minimum absolute atomic E-state index is 0.108. The van der Waals surface area contributed by atoms with E-state index in [-0.39, 0.29) is 30.0 Å². The number of hydrogen-bond acceptors (Lipinski definition) is 3. The molecule has 0 spiro atoms. The lowest BCUT2D eigenvalue weighted by Gasteiger charge is -2.38. The molecule has 25 heavy (non-hydrogen) atoms. The van der Waals surface area contributed by atoms with E-state index in [1.54, 1.807) is 24.5 Å². The lowest BCUT2D eigenvalue weighted by atomic mass is 10.00. The van der Waals surface area contributed by atoms with Gasteiger partial charge in [0.15, 0.2) is 0 Å². The summed E-state index contributed by atoms with van der Waals surface area (Å²) in [5.74, 6) is 0.461. The molecule has 2 aliphatic heterocycles. The van der Waals surface area contributed by atoms with Crippen LogP contribution in [0.2, 0.25) is 0 Å². The Kier molecular flexibility index (Phi) is 4.26. The van der Waals surface area contributed by atoms with Crippen molar-refractivity contribution in [3.8, 4) is 5.75 Å². The van der Waals surface area contributed by atoms with Crippen LogP contribution >= 0.6 is 0 Å². The van der Waals surface area contributed by atoms with E-state index in [4.69, 9.17) is 4.74 Å². The van der Waals surface area contributed by atoms with Gasteiger partial charge in [0.05, 0.1) is 6.20 Å². The number of benzene rings is 1. The topological polar surface area (TPSA) is 54.5 Å². The van der Waals surface area contributed by atoms with Crippen LogP contribution in [0.15, 0.2) is 48.8 Å². The molecule has 2 aliphatic rings. The molecule has 3 heterocycles. The van der Waals surface area contributed by atoms with E-state index < -0.39 is 0 Å². The number of ether oxygens (including phenoxy) is 1. The van der Waals surface area contributed by atoms with Gasteiger partial charge in [-0.1, -0.05) is 0 Å². The molecule has 2 aromatic rings. The lowest BCUT2D eigenvalue weighted by molar-refractivity contribution is 0.0730. The van der Waals surface area contributed by atoms with Gasteiger partial charge in [0, 0.05) is 36.8 Å². The van der Waals surface area contributed by atoms with Crippen LogP contribution in [0.5, 0.6) is 5.75 Å². The summed E-state index contributed by atoms with van der Waals surface area (Å²) in [6.45, 7) is 0. The number of piperidine rings is 1. The predicted octanol–water partition coefficient (Wildman–Crippen LogP) is 3.83. The number of pyridine rings is 1. The zero-order chi connectivity index (χ0) is 17.2. The van der Waals surface area contributed by atoms with Crippen LogP contribution in [0, 0.1) is 5.82 Å². The summed E-state index contributed by atoms with van der Waals surface area (Å²) in [7, 11) is 0. The van der Waals surface area contributed by atoms with Crippen LogP contribution in [0.25, 0.3) is 0 Å². The van der Waals surface area contributed by atoms with E-state index in [2.05, 4.69) is 10.3 Å². The van der Waals surface area contributed by atoms with Gasteiger partial charge in [-0.15, -0.1) is 0 Å². The molecule has 2 saturated heterocycles. The van der Waals surface area contributed by atoms with Crippen molar-refractivity contribution in [2.75, 3.05) is 5.32 Å². The van der Waals surface area contributed by atoms with Crippen LogP contribution in [0.4, 0.5) is 14.9 Å². The van der Waals surface area contributed by atoms with Crippen LogP contribution < -0.4 is 10.1 Å². The number of fused-ring (bicyclic) bond motifs is 2. The van der Waals surface area contributed by atoms with Crippen molar-refractivity contribution in [1.82, 2.24) is 9.88 Å². The van der Waals surface area contributed by atoms with Gasteiger partial charge >= 0.3 is 6.03 Å². The first-order valence-electron chi connectivity index (χ1n) is 8.60. The Bertz CT molecular complexity index is 724. The van der Waals surface area contributed by atoms with Crippen molar-refractivity contribution in [2.45, 2.75) is 43.9 Å². The summed E-state index contributed by atoms with van der Waals surface area (Å²) >= 11 is 0. The predicted molar refractivity (Wildman–Crippen MR) is 92.0 cm³/mol. The van der Waals surface area contributed by atoms with E-state index in [1.165, 1.54) is 12.1 Å². The molecule has 6 heteroatoms. The standard InChI is InChI=1S/C19H20FN3O2/c20-13-3-5-14(6-4-13)22-19(24)23-15-7-8-16(23)11-18(10-15)25-17-2-1-9-21-12-17/h1-6,9,12,15-16,18H,7-8,10-11H2,(H,22,24). The summed E-state index contributed by atoms with van der Waals surface area (Å²) in [4.78, 5) is 18.7. The number of amides is 2. The maximum absolute atomic E-state index is 13.0. The largest absolute Gasteiger partial charge is 0.489 e. The van der Waals surface area contributed by atoms with Gasteiger partial charge in [-0.3, -0.25) is 4.98 Å². The highest BCUT2D eigenvalue weighted by molar-refractivity contribution is 5.90. The third-order valence-electron chi connectivity index (χ3n) is 4.96. The summed E-state index contributed by atoms with van der Waals surface area (Å²) in [5.41, 5.74) is 0.611. The molecule has 130 valence electrons. The Morgan fingerprint density at radius 1 is 1.16 bits per heavy atom. The number of urea groups is 1. The molecule has 2 bridgehead atoms. The number of carbonyl (C=O) groups is 1. The molecule has 1 N–H and O–H groups in total. The van der Waals surface area contributed by atoms with E-state index in [0.29, 0.717) is 5.69 Å². The Balaban J connectivity index is 1.40. The maximum Gasteiger partial charge on any atom is 0.322 e. The Hall–Kier alpha value is -2.63. The van der Waals surface area contributed by atoms with Crippen molar-refractivity contribution >= 4 is 11.7 Å². The molecule has 1 aromatic carbocycles. The normalized spacial score (nSPS) is 24.8. The van der Waals surface area contributed by atoms with Gasteiger partial charge in [0.1, 0.15) is 17.7 Å².